The Morgan fingerprint density at radius 1 is 0.571 bits per heavy atom. The molecule has 234 valence electrons. The van der Waals surface area contributed by atoms with Crippen LogP contribution in [-0.2, 0) is 45.0 Å². The van der Waals surface area contributed by atoms with E-state index in [1.807, 2.05) is 0 Å². The smallest absolute Gasteiger partial charge is 0.172 e. The number of hydrogen-bond acceptors (Lipinski definition) is 6. The van der Waals surface area contributed by atoms with Crippen LogP contribution < -0.4 is 0 Å². The van der Waals surface area contributed by atoms with Gasteiger partial charge in [0.25, 0.3) is 0 Å². The van der Waals surface area contributed by atoms with Crippen LogP contribution in [0.15, 0.2) is 18.2 Å². The molecule has 0 spiro atoms. The van der Waals surface area contributed by atoms with Crippen molar-refractivity contribution in [2.24, 2.45) is 10.8 Å². The third-order valence-corrected chi connectivity index (χ3v) is 14.3. The minimum absolute atomic E-state index is 0.0555. The Kier molecular flexibility index (Phi) is 5.83. The van der Waals surface area contributed by atoms with E-state index in [0.717, 1.165) is 12.3 Å². The van der Waals surface area contributed by atoms with Gasteiger partial charge in [0.2, 0.25) is 0 Å². The van der Waals surface area contributed by atoms with Gasteiger partial charge in [-0.1, -0.05) is 52.8 Å². The quantitative estimate of drug-likeness (QED) is 0.331. The molecule has 8 aliphatic heterocycles. The van der Waals surface area contributed by atoms with E-state index in [2.05, 4.69) is 113 Å². The summed E-state index contributed by atoms with van der Waals surface area (Å²) in [7, 11) is 6.09. The zero-order valence-electron chi connectivity index (χ0n) is 27.6. The van der Waals surface area contributed by atoms with Gasteiger partial charge in [-0.15, -0.1) is 18.5 Å². The molecule has 8 bridgehead atoms. The summed E-state index contributed by atoms with van der Waals surface area (Å²) >= 11 is 0. The van der Waals surface area contributed by atoms with E-state index in [9.17, 15) is 0 Å². The van der Waals surface area contributed by atoms with Crippen molar-refractivity contribution in [3.63, 3.8) is 0 Å². The standard InChI is InChI=1S/C34H52O6P2/c1-24(2,3)21-12-13-22(33-17-31(10)35-27(6,25(33,4)19-41)15-29(8,37-31)39-33)23(14-21)34-18-32(11)36-28(7,26(34,5)20-42)16-30(9,38-32)40-34/h12-14H,15-20,41-42H2,1-11H3. The second-order valence-corrected chi connectivity index (χ2v) is 17.9. The van der Waals surface area contributed by atoms with Crippen molar-refractivity contribution in [2.45, 2.75) is 153 Å². The molecule has 12 unspecified atom stereocenters. The van der Waals surface area contributed by atoms with Crippen LogP contribution in [0.4, 0.5) is 0 Å². The molecule has 0 saturated carbocycles. The number of benzene rings is 1. The highest BCUT2D eigenvalue weighted by Gasteiger charge is 2.81. The Morgan fingerprint density at radius 3 is 1.36 bits per heavy atom. The molecule has 1 aromatic carbocycles. The van der Waals surface area contributed by atoms with Gasteiger partial charge >= 0.3 is 0 Å². The average Bonchev–Trinajstić information content (AvgIpc) is 2.81. The largest absolute Gasteiger partial charge is 0.343 e. The summed E-state index contributed by atoms with van der Waals surface area (Å²) in [6, 6.07) is 7.12. The predicted molar refractivity (Wildman–Crippen MR) is 169 cm³/mol. The lowest BCUT2D eigenvalue weighted by Gasteiger charge is -2.76. The van der Waals surface area contributed by atoms with Crippen LogP contribution in [-0.4, -0.2) is 46.7 Å². The monoisotopic (exact) mass is 618 g/mol. The summed E-state index contributed by atoms with van der Waals surface area (Å²) in [5.74, 6) is -3.06. The fourth-order valence-electron chi connectivity index (χ4n) is 10.7. The normalized spacial score (nSPS) is 55.9. The van der Waals surface area contributed by atoms with Crippen LogP contribution in [0.5, 0.6) is 0 Å². The van der Waals surface area contributed by atoms with Crippen LogP contribution in [0.25, 0.3) is 0 Å². The maximum atomic E-state index is 7.43. The molecule has 8 heteroatoms. The van der Waals surface area contributed by atoms with Gasteiger partial charge in [-0.25, -0.2) is 0 Å². The van der Waals surface area contributed by atoms with Gasteiger partial charge in [-0.3, -0.25) is 0 Å². The first-order chi connectivity index (χ1) is 19.0. The van der Waals surface area contributed by atoms with Gasteiger partial charge in [-0.2, -0.15) is 0 Å². The van der Waals surface area contributed by atoms with Crippen molar-refractivity contribution in [3.05, 3.63) is 34.9 Å². The maximum Gasteiger partial charge on any atom is 0.172 e. The summed E-state index contributed by atoms with van der Waals surface area (Å²) in [6.07, 6.45) is 4.21. The Morgan fingerprint density at radius 2 is 0.976 bits per heavy atom. The SMILES string of the molecule is CC12CC3(c4ccc(C(C)(C)C)cc4C45CC6(C)OC(C)(CC(C)(O6)C4(C)CP)O5)OC(C)(CC(C)(O1)C3(C)CP)O2. The first-order valence-electron chi connectivity index (χ1n) is 15.8. The molecule has 6 nitrogen and oxygen atoms in total. The van der Waals surface area contributed by atoms with E-state index in [4.69, 9.17) is 28.4 Å². The number of rotatable bonds is 4. The second kappa shape index (κ2) is 8.03. The summed E-state index contributed by atoms with van der Waals surface area (Å²) in [4.78, 5) is 0. The highest BCUT2D eigenvalue weighted by molar-refractivity contribution is 7.16. The lowest BCUT2D eigenvalue weighted by atomic mass is 9.49. The Hall–Kier alpha value is -0.160. The first kappa shape index (κ1) is 30.5. The van der Waals surface area contributed by atoms with E-state index in [1.165, 1.54) is 16.7 Å². The number of hydrogen-bond donors (Lipinski definition) is 0. The van der Waals surface area contributed by atoms with E-state index >= 15 is 0 Å². The van der Waals surface area contributed by atoms with Crippen molar-refractivity contribution in [1.82, 2.24) is 0 Å². The minimum Gasteiger partial charge on any atom is -0.343 e. The molecule has 0 N–H and O–H groups in total. The molecule has 0 aliphatic carbocycles. The molecular formula is C34H52O6P2. The van der Waals surface area contributed by atoms with Crippen molar-refractivity contribution in [3.8, 4) is 0 Å². The molecule has 8 heterocycles. The third kappa shape index (κ3) is 3.41. The minimum atomic E-state index is -0.767. The molecule has 8 aliphatic rings. The van der Waals surface area contributed by atoms with Crippen molar-refractivity contribution < 1.29 is 28.4 Å². The molecule has 9 rings (SSSR count). The fourth-order valence-corrected chi connectivity index (χ4v) is 12.2. The molecule has 0 radical (unpaired) electrons. The molecule has 8 fully saturated rings. The molecular weight excluding hydrogens is 566 g/mol. The summed E-state index contributed by atoms with van der Waals surface area (Å²) < 4.78 is 41.9. The lowest BCUT2D eigenvalue weighted by Crippen LogP contribution is -2.82. The van der Waals surface area contributed by atoms with Crippen LogP contribution in [0.3, 0.4) is 0 Å². The average molecular weight is 619 g/mol. The van der Waals surface area contributed by atoms with E-state index in [1.54, 1.807) is 0 Å². The number of ether oxygens (including phenoxy) is 6. The van der Waals surface area contributed by atoms with Crippen LogP contribution in [0.1, 0.15) is 119 Å². The highest BCUT2D eigenvalue weighted by atomic mass is 31.0. The second-order valence-electron chi connectivity index (χ2n) is 17.1. The molecule has 0 amide bonds. The maximum absolute atomic E-state index is 7.43. The lowest BCUT2D eigenvalue weighted by molar-refractivity contribution is -0.554. The van der Waals surface area contributed by atoms with E-state index < -0.39 is 45.6 Å². The van der Waals surface area contributed by atoms with Gasteiger partial charge in [0.1, 0.15) is 11.2 Å². The van der Waals surface area contributed by atoms with Crippen molar-refractivity contribution in [1.29, 1.82) is 0 Å². The van der Waals surface area contributed by atoms with E-state index in [0.29, 0.717) is 25.7 Å². The van der Waals surface area contributed by atoms with Crippen molar-refractivity contribution in [2.75, 3.05) is 12.3 Å². The predicted octanol–water partition coefficient (Wildman–Crippen LogP) is 7.26. The first-order valence-corrected chi connectivity index (χ1v) is 17.4. The van der Waals surface area contributed by atoms with Crippen molar-refractivity contribution >= 4 is 18.5 Å². The molecule has 0 aromatic heterocycles. The van der Waals surface area contributed by atoms with Gasteiger partial charge in [0.15, 0.2) is 23.1 Å². The summed E-state index contributed by atoms with van der Waals surface area (Å²) in [6.45, 7) is 24.5. The van der Waals surface area contributed by atoms with Crippen LogP contribution in [0.2, 0.25) is 0 Å². The zero-order chi connectivity index (χ0) is 30.8. The fraction of sp³-hybridized carbons (Fsp3) is 0.824. The Balaban J connectivity index is 1.58. The topological polar surface area (TPSA) is 55.4 Å². The van der Waals surface area contributed by atoms with Gasteiger partial charge in [0, 0.05) is 36.5 Å². The zero-order valence-corrected chi connectivity index (χ0v) is 29.9. The third-order valence-electron chi connectivity index (χ3n) is 12.7. The highest BCUT2D eigenvalue weighted by Crippen LogP contribution is 2.75. The molecule has 1 aromatic rings. The Labute approximate surface area is 257 Å². The molecule has 42 heavy (non-hydrogen) atoms. The summed E-state index contributed by atoms with van der Waals surface area (Å²) in [5, 5.41) is 0. The molecule has 12 atom stereocenters. The summed E-state index contributed by atoms with van der Waals surface area (Å²) in [5.41, 5.74) is 0.653. The van der Waals surface area contributed by atoms with Gasteiger partial charge in [-0.05, 0) is 76.0 Å². The van der Waals surface area contributed by atoms with E-state index in [-0.39, 0.29) is 16.2 Å². The Bertz CT molecular complexity index is 1330. The van der Waals surface area contributed by atoms with Gasteiger partial charge < -0.3 is 28.4 Å². The van der Waals surface area contributed by atoms with Crippen LogP contribution in [0, 0.1) is 10.8 Å². The molecule has 8 saturated heterocycles. The van der Waals surface area contributed by atoms with Gasteiger partial charge in [0.05, 0.1) is 11.2 Å². The van der Waals surface area contributed by atoms with Crippen LogP contribution >= 0.6 is 18.5 Å².